The number of nitro benzene ring substituents is 1. The fourth-order valence-corrected chi connectivity index (χ4v) is 4.37. The Kier molecular flexibility index (Phi) is 5.02. The van der Waals surface area contributed by atoms with E-state index in [1.165, 1.54) is 40.3 Å². The number of imide groups is 1. The monoisotopic (exact) mass is 445 g/mol. The fraction of sp³-hybridized carbons (Fsp3) is 0.167. The van der Waals surface area contributed by atoms with Crippen molar-refractivity contribution in [3.05, 3.63) is 100 Å². The van der Waals surface area contributed by atoms with Gasteiger partial charge in [0, 0.05) is 12.1 Å². The molecule has 0 spiro atoms. The second-order valence-electron chi connectivity index (χ2n) is 7.94. The third kappa shape index (κ3) is 3.58. The highest BCUT2D eigenvalue weighted by Crippen LogP contribution is 2.47. The summed E-state index contributed by atoms with van der Waals surface area (Å²) in [5.41, 5.74) is 1.67. The molecule has 2 saturated heterocycles. The molecule has 0 unspecified atom stereocenters. The van der Waals surface area contributed by atoms with Gasteiger partial charge in [-0.2, -0.15) is 0 Å². The maximum Gasteiger partial charge on any atom is 0.271 e. The van der Waals surface area contributed by atoms with Gasteiger partial charge in [-0.15, -0.1) is 0 Å². The molecular weight excluding hydrogens is 426 g/mol. The molecule has 0 saturated carbocycles. The Hall–Kier alpha value is -4.24. The highest BCUT2D eigenvalue weighted by atomic mass is 16.7. The van der Waals surface area contributed by atoms with Crippen LogP contribution in [0.2, 0.25) is 0 Å². The first-order valence-corrected chi connectivity index (χ1v) is 10.3. The number of anilines is 1. The van der Waals surface area contributed by atoms with Gasteiger partial charge >= 0.3 is 0 Å². The van der Waals surface area contributed by atoms with Gasteiger partial charge < -0.3 is 5.11 Å². The molecule has 2 aliphatic rings. The van der Waals surface area contributed by atoms with Gasteiger partial charge in [-0.25, -0.2) is 5.06 Å². The number of amides is 2. The SMILES string of the molecule is O=C1[C@H]2[C@@H](c3ccc(O)cc3)N(c3cccc([N+](=O)[O-])c3)O[C@H]2C(=O)N1Cc1ccccc1. The largest absolute Gasteiger partial charge is 0.508 e. The quantitative estimate of drug-likeness (QED) is 0.364. The van der Waals surface area contributed by atoms with E-state index in [9.17, 15) is 24.8 Å². The molecule has 2 heterocycles. The zero-order valence-corrected chi connectivity index (χ0v) is 17.3. The molecule has 3 aromatic rings. The second-order valence-corrected chi connectivity index (χ2v) is 7.94. The number of benzene rings is 3. The summed E-state index contributed by atoms with van der Waals surface area (Å²) in [4.78, 5) is 44.6. The van der Waals surface area contributed by atoms with E-state index >= 15 is 0 Å². The predicted octanol–water partition coefficient (Wildman–Crippen LogP) is 3.35. The molecule has 33 heavy (non-hydrogen) atoms. The van der Waals surface area contributed by atoms with Gasteiger partial charge in [0.05, 0.1) is 23.2 Å². The van der Waals surface area contributed by atoms with Gasteiger partial charge in [0.1, 0.15) is 11.7 Å². The van der Waals surface area contributed by atoms with E-state index in [1.54, 1.807) is 18.2 Å². The minimum absolute atomic E-state index is 0.0515. The van der Waals surface area contributed by atoms with Crippen LogP contribution >= 0.6 is 0 Å². The van der Waals surface area contributed by atoms with Gasteiger partial charge in [-0.05, 0) is 29.3 Å². The van der Waals surface area contributed by atoms with E-state index in [0.29, 0.717) is 11.3 Å². The Morgan fingerprint density at radius 2 is 1.67 bits per heavy atom. The van der Waals surface area contributed by atoms with E-state index in [2.05, 4.69) is 0 Å². The van der Waals surface area contributed by atoms with Crippen molar-refractivity contribution in [1.29, 1.82) is 0 Å². The van der Waals surface area contributed by atoms with Crippen LogP contribution in [-0.2, 0) is 21.0 Å². The molecule has 9 heteroatoms. The van der Waals surface area contributed by atoms with Crippen LogP contribution in [0.1, 0.15) is 17.2 Å². The van der Waals surface area contributed by atoms with Crippen LogP contribution < -0.4 is 5.06 Å². The van der Waals surface area contributed by atoms with Crippen molar-refractivity contribution >= 4 is 23.2 Å². The number of rotatable bonds is 5. The molecule has 1 N–H and O–H groups in total. The van der Waals surface area contributed by atoms with Gasteiger partial charge in [-0.3, -0.25) is 29.4 Å². The molecule has 0 aliphatic carbocycles. The average molecular weight is 445 g/mol. The molecule has 2 amide bonds. The summed E-state index contributed by atoms with van der Waals surface area (Å²) in [7, 11) is 0. The van der Waals surface area contributed by atoms with E-state index in [1.807, 2.05) is 30.3 Å². The molecular formula is C24H19N3O6. The van der Waals surface area contributed by atoms with Crippen molar-refractivity contribution in [3.8, 4) is 5.75 Å². The summed E-state index contributed by atoms with van der Waals surface area (Å²) in [6.45, 7) is 0.133. The molecule has 0 radical (unpaired) electrons. The number of likely N-dealkylation sites (tertiary alicyclic amines) is 1. The molecule has 0 aromatic heterocycles. The van der Waals surface area contributed by atoms with Crippen molar-refractivity contribution in [3.63, 3.8) is 0 Å². The van der Waals surface area contributed by atoms with Crippen molar-refractivity contribution < 1.29 is 24.5 Å². The number of hydrogen-bond acceptors (Lipinski definition) is 7. The lowest BCUT2D eigenvalue weighted by Crippen LogP contribution is -2.36. The Bertz CT molecular complexity index is 1230. The smallest absolute Gasteiger partial charge is 0.271 e. The third-order valence-corrected chi connectivity index (χ3v) is 5.92. The van der Waals surface area contributed by atoms with Gasteiger partial charge in [0.2, 0.25) is 5.91 Å². The Balaban J connectivity index is 1.54. The number of carbonyl (C=O) groups is 2. The number of carbonyl (C=O) groups excluding carboxylic acids is 2. The number of nitro groups is 1. The summed E-state index contributed by atoms with van der Waals surface area (Å²) in [6.07, 6.45) is -1.06. The molecule has 3 atom stereocenters. The molecule has 2 aliphatic heterocycles. The molecule has 0 bridgehead atoms. The lowest BCUT2D eigenvalue weighted by molar-refractivity contribution is -0.384. The van der Waals surface area contributed by atoms with Crippen LogP contribution in [0.4, 0.5) is 11.4 Å². The van der Waals surface area contributed by atoms with Crippen molar-refractivity contribution in [1.82, 2.24) is 4.90 Å². The van der Waals surface area contributed by atoms with Crippen molar-refractivity contribution in [2.75, 3.05) is 5.06 Å². The van der Waals surface area contributed by atoms with Gasteiger partial charge in [0.15, 0.2) is 6.10 Å². The van der Waals surface area contributed by atoms with Crippen LogP contribution in [-0.4, -0.2) is 32.8 Å². The molecule has 2 fully saturated rings. The van der Waals surface area contributed by atoms with E-state index in [-0.39, 0.29) is 23.9 Å². The number of phenols is 1. The average Bonchev–Trinajstić information content (AvgIpc) is 3.32. The summed E-state index contributed by atoms with van der Waals surface area (Å²) >= 11 is 0. The standard InChI is InChI=1S/C24H19N3O6/c28-19-11-9-16(10-12-19)21-20-22(33-26(21)17-7-4-8-18(13-17)27(31)32)24(30)25(23(20)29)14-15-5-2-1-3-6-15/h1-13,20-22,28H,14H2/t20-,21+,22+/m0/s1. The van der Waals surface area contributed by atoms with E-state index < -0.39 is 28.9 Å². The maximum absolute atomic E-state index is 13.4. The first kappa shape index (κ1) is 20.7. The summed E-state index contributed by atoms with van der Waals surface area (Å²) in [5, 5.41) is 22.4. The Labute approximate surface area is 188 Å². The predicted molar refractivity (Wildman–Crippen MR) is 117 cm³/mol. The minimum atomic E-state index is -1.06. The first-order chi connectivity index (χ1) is 15.9. The van der Waals surface area contributed by atoms with E-state index in [4.69, 9.17) is 4.84 Å². The van der Waals surface area contributed by atoms with Gasteiger partial charge in [-0.1, -0.05) is 48.5 Å². The fourth-order valence-electron chi connectivity index (χ4n) is 4.37. The Morgan fingerprint density at radius 1 is 0.939 bits per heavy atom. The highest BCUT2D eigenvalue weighted by Gasteiger charge is 2.59. The van der Waals surface area contributed by atoms with Crippen LogP contribution in [0.25, 0.3) is 0 Å². The maximum atomic E-state index is 13.4. The number of aromatic hydroxyl groups is 1. The zero-order valence-electron chi connectivity index (χ0n) is 17.3. The Morgan fingerprint density at radius 3 is 2.36 bits per heavy atom. The number of fused-ring (bicyclic) bond motifs is 1. The lowest BCUT2D eigenvalue weighted by atomic mass is 9.90. The minimum Gasteiger partial charge on any atom is -0.508 e. The number of hydrogen-bond donors (Lipinski definition) is 1. The molecule has 3 aromatic carbocycles. The van der Waals surface area contributed by atoms with Crippen LogP contribution in [0.3, 0.4) is 0 Å². The van der Waals surface area contributed by atoms with Crippen LogP contribution in [0.5, 0.6) is 5.75 Å². The first-order valence-electron chi connectivity index (χ1n) is 10.3. The van der Waals surface area contributed by atoms with E-state index in [0.717, 1.165) is 5.56 Å². The normalized spacial score (nSPS) is 22.0. The van der Waals surface area contributed by atoms with Gasteiger partial charge in [0.25, 0.3) is 11.6 Å². The number of nitrogens with zero attached hydrogens (tertiary/aromatic N) is 3. The number of hydroxylamine groups is 1. The third-order valence-electron chi connectivity index (χ3n) is 5.92. The van der Waals surface area contributed by atoms with Crippen LogP contribution in [0.15, 0.2) is 78.9 Å². The number of phenolic OH excluding ortho intramolecular Hbond substituents is 1. The topological polar surface area (TPSA) is 113 Å². The summed E-state index contributed by atoms with van der Waals surface area (Å²) in [5.74, 6) is -1.62. The summed E-state index contributed by atoms with van der Waals surface area (Å²) in [6, 6.07) is 20.6. The van der Waals surface area contributed by atoms with Crippen LogP contribution in [0, 0.1) is 16.0 Å². The van der Waals surface area contributed by atoms with Crippen molar-refractivity contribution in [2.45, 2.75) is 18.7 Å². The zero-order chi connectivity index (χ0) is 23.1. The lowest BCUT2D eigenvalue weighted by Gasteiger charge is -2.28. The summed E-state index contributed by atoms with van der Waals surface area (Å²) < 4.78 is 0. The highest BCUT2D eigenvalue weighted by molar-refractivity contribution is 6.07. The molecule has 9 nitrogen and oxygen atoms in total. The second kappa shape index (κ2) is 8.03. The van der Waals surface area contributed by atoms with Crippen molar-refractivity contribution in [2.24, 2.45) is 5.92 Å². The number of non-ortho nitro benzene ring substituents is 1. The molecule has 5 rings (SSSR count). The molecule has 166 valence electrons.